The summed E-state index contributed by atoms with van der Waals surface area (Å²) < 4.78 is 76.9. The normalized spacial score (nSPS) is 30.5. The average Bonchev–Trinajstić information content (AvgIpc) is 3.50. The molecule has 1 spiro atoms. The van der Waals surface area contributed by atoms with Crippen LogP contribution in [0.3, 0.4) is 0 Å². The number of aromatic hydroxyl groups is 1. The predicted octanol–water partition coefficient (Wildman–Crippen LogP) is 5.43. The van der Waals surface area contributed by atoms with Gasteiger partial charge in [-0.2, -0.15) is 0 Å². The van der Waals surface area contributed by atoms with Crippen molar-refractivity contribution in [3.63, 3.8) is 0 Å². The number of fused-ring (bicyclic) bond motifs is 3. The van der Waals surface area contributed by atoms with Gasteiger partial charge in [0, 0.05) is 17.5 Å². The Bertz CT molecular complexity index is 1470. The number of halogens is 3. The third-order valence-corrected chi connectivity index (χ3v) is 10.8. The fourth-order valence-electron chi connectivity index (χ4n) is 6.89. The van der Waals surface area contributed by atoms with Gasteiger partial charge < -0.3 is 19.9 Å². The lowest BCUT2D eigenvalue weighted by Gasteiger charge is -2.50. The zero-order valence-corrected chi connectivity index (χ0v) is 21.7. The minimum Gasteiger partial charge on any atom is -0.508 e. The van der Waals surface area contributed by atoms with Crippen molar-refractivity contribution in [1.82, 2.24) is 5.32 Å². The van der Waals surface area contributed by atoms with Crippen LogP contribution in [0.5, 0.6) is 11.5 Å². The second kappa shape index (κ2) is 9.25. The van der Waals surface area contributed by atoms with Crippen LogP contribution in [0.4, 0.5) is 13.2 Å². The van der Waals surface area contributed by atoms with E-state index in [1.807, 2.05) is 30.3 Å². The number of sulfone groups is 1. The monoisotopic (exact) mass is 559 g/mol. The molecule has 0 amide bonds. The number of piperidine rings is 1. The number of nitrogens with one attached hydrogen (secondary N) is 1. The Morgan fingerprint density at radius 2 is 1.67 bits per heavy atom. The van der Waals surface area contributed by atoms with E-state index >= 15 is 0 Å². The number of benzene rings is 3. The van der Waals surface area contributed by atoms with Gasteiger partial charge in [-0.3, -0.25) is 0 Å². The van der Waals surface area contributed by atoms with Gasteiger partial charge in [0.15, 0.2) is 9.84 Å². The van der Waals surface area contributed by atoms with Crippen LogP contribution < -0.4 is 10.1 Å². The first kappa shape index (κ1) is 26.2. The van der Waals surface area contributed by atoms with E-state index in [1.54, 1.807) is 30.3 Å². The molecule has 2 N–H and O–H groups in total. The Morgan fingerprint density at radius 3 is 2.36 bits per heavy atom. The number of rotatable bonds is 5. The summed E-state index contributed by atoms with van der Waals surface area (Å²) in [5.74, 6) is -0.960. The van der Waals surface area contributed by atoms with Crippen LogP contribution >= 0.6 is 0 Å². The molecule has 0 aromatic heterocycles. The number of phenols is 1. The van der Waals surface area contributed by atoms with Crippen LogP contribution in [0.25, 0.3) is 0 Å². The predicted molar refractivity (Wildman–Crippen MR) is 137 cm³/mol. The Morgan fingerprint density at radius 1 is 0.974 bits per heavy atom. The van der Waals surface area contributed by atoms with E-state index in [2.05, 4.69) is 10.1 Å². The van der Waals surface area contributed by atoms with Crippen molar-refractivity contribution in [3.8, 4) is 11.5 Å². The number of ether oxygens (including phenoxy) is 2. The topological polar surface area (TPSA) is 84.9 Å². The lowest BCUT2D eigenvalue weighted by Crippen LogP contribution is -2.62. The van der Waals surface area contributed by atoms with E-state index < -0.39 is 44.3 Å². The average molecular weight is 560 g/mol. The van der Waals surface area contributed by atoms with Crippen LogP contribution in [0.1, 0.15) is 42.7 Å². The molecule has 3 heterocycles. The molecule has 10 heteroatoms. The molecule has 39 heavy (non-hydrogen) atoms. The second-order valence-electron chi connectivity index (χ2n) is 10.6. The number of phenolic OH excluding ortho intramolecular Hbond substituents is 1. The molecule has 3 fully saturated rings. The number of alkyl halides is 3. The van der Waals surface area contributed by atoms with Gasteiger partial charge in [-0.1, -0.05) is 48.5 Å². The standard InChI is InChI=1S/C29H28F3NO5S/c30-29(31,32)38-21-11-12-25(34)23(15-21)19-16-27(37-18-19)14-13-24-26(39(35,36)22-9-5-2-6-10-22)17-28(27,33-24)20-7-3-1-4-8-20/h1-12,15,19,24,26,33-34H,13-14,16-18H2. The largest absolute Gasteiger partial charge is 0.573 e. The Labute approximate surface area is 224 Å². The Kier molecular flexibility index (Phi) is 6.20. The molecule has 3 aromatic carbocycles. The van der Waals surface area contributed by atoms with E-state index in [0.717, 1.165) is 11.6 Å². The van der Waals surface area contributed by atoms with Crippen molar-refractivity contribution in [2.24, 2.45) is 0 Å². The third-order valence-electron chi connectivity index (χ3n) is 8.57. The van der Waals surface area contributed by atoms with Crippen LogP contribution in [0, 0.1) is 0 Å². The summed E-state index contributed by atoms with van der Waals surface area (Å²) in [4.78, 5) is 0.276. The molecule has 2 bridgehead atoms. The number of hydrogen-bond donors (Lipinski definition) is 2. The van der Waals surface area contributed by atoms with Crippen molar-refractivity contribution in [1.29, 1.82) is 0 Å². The molecule has 6 nitrogen and oxygen atoms in total. The zero-order valence-electron chi connectivity index (χ0n) is 20.9. The first-order chi connectivity index (χ1) is 18.5. The highest BCUT2D eigenvalue weighted by Gasteiger charge is 2.66. The van der Waals surface area contributed by atoms with Gasteiger partial charge in [0.05, 0.1) is 27.9 Å². The van der Waals surface area contributed by atoms with E-state index in [4.69, 9.17) is 4.74 Å². The summed E-state index contributed by atoms with van der Waals surface area (Å²) in [5.41, 5.74) is -0.456. The van der Waals surface area contributed by atoms with Crippen molar-refractivity contribution in [2.45, 2.75) is 65.3 Å². The van der Waals surface area contributed by atoms with Crippen LogP contribution in [0.2, 0.25) is 0 Å². The minimum atomic E-state index is -4.86. The van der Waals surface area contributed by atoms with Gasteiger partial charge >= 0.3 is 6.36 Å². The molecular weight excluding hydrogens is 531 g/mol. The molecule has 3 saturated heterocycles. The summed E-state index contributed by atoms with van der Waals surface area (Å²) in [5, 5.41) is 13.6. The third kappa shape index (κ3) is 4.38. The summed E-state index contributed by atoms with van der Waals surface area (Å²) >= 11 is 0. The molecule has 5 atom stereocenters. The quantitative estimate of drug-likeness (QED) is 0.434. The van der Waals surface area contributed by atoms with Crippen molar-refractivity contribution < 1.29 is 36.2 Å². The summed E-state index contributed by atoms with van der Waals surface area (Å²) in [6.45, 7) is 0.167. The zero-order chi connectivity index (χ0) is 27.5. The minimum absolute atomic E-state index is 0.137. The van der Waals surface area contributed by atoms with Gasteiger partial charge in [-0.05, 0) is 61.6 Å². The molecule has 0 saturated carbocycles. The maximum Gasteiger partial charge on any atom is 0.573 e. The van der Waals surface area contributed by atoms with E-state index in [-0.39, 0.29) is 29.7 Å². The van der Waals surface area contributed by atoms with Gasteiger partial charge in [0.2, 0.25) is 0 Å². The molecular formula is C29H28F3NO5S. The lowest BCUT2D eigenvalue weighted by atomic mass is 9.67. The molecule has 0 aliphatic carbocycles. The van der Waals surface area contributed by atoms with Crippen molar-refractivity contribution >= 4 is 9.84 Å². The summed E-state index contributed by atoms with van der Waals surface area (Å²) in [7, 11) is -3.66. The molecule has 206 valence electrons. The lowest BCUT2D eigenvalue weighted by molar-refractivity contribution is -0.274. The fourth-order valence-corrected chi connectivity index (χ4v) is 8.88. The van der Waals surface area contributed by atoms with Crippen molar-refractivity contribution in [2.75, 3.05) is 6.61 Å². The number of hydrogen-bond acceptors (Lipinski definition) is 6. The first-order valence-corrected chi connectivity index (χ1v) is 14.4. The van der Waals surface area contributed by atoms with Crippen LogP contribution in [0.15, 0.2) is 83.8 Å². The highest BCUT2D eigenvalue weighted by Crippen LogP contribution is 2.59. The summed E-state index contributed by atoms with van der Waals surface area (Å²) in [6, 6.07) is 21.2. The Hall–Kier alpha value is -3.08. The smallest absolute Gasteiger partial charge is 0.508 e. The van der Waals surface area contributed by atoms with Crippen LogP contribution in [-0.2, 0) is 20.1 Å². The molecule has 3 aromatic rings. The van der Waals surface area contributed by atoms with Crippen molar-refractivity contribution in [3.05, 3.63) is 90.0 Å². The Balaban J connectivity index is 1.38. The second-order valence-corrected chi connectivity index (χ2v) is 12.8. The van der Waals surface area contributed by atoms with Gasteiger partial charge in [-0.25, -0.2) is 8.42 Å². The molecule has 6 rings (SSSR count). The van der Waals surface area contributed by atoms with E-state index in [1.165, 1.54) is 12.1 Å². The summed E-state index contributed by atoms with van der Waals surface area (Å²) in [6.07, 6.45) is -3.06. The van der Waals surface area contributed by atoms with Gasteiger partial charge in [0.1, 0.15) is 11.5 Å². The molecule has 3 aliphatic rings. The van der Waals surface area contributed by atoms with E-state index in [0.29, 0.717) is 24.8 Å². The van der Waals surface area contributed by atoms with Gasteiger partial charge in [0.25, 0.3) is 0 Å². The maximum absolute atomic E-state index is 13.8. The molecule has 5 unspecified atom stereocenters. The van der Waals surface area contributed by atoms with Crippen LogP contribution in [-0.4, -0.2) is 43.4 Å². The highest BCUT2D eigenvalue weighted by molar-refractivity contribution is 7.92. The molecule has 0 radical (unpaired) electrons. The highest BCUT2D eigenvalue weighted by atomic mass is 32.2. The fraction of sp³-hybridized carbons (Fsp3) is 0.379. The first-order valence-electron chi connectivity index (χ1n) is 12.9. The van der Waals surface area contributed by atoms with E-state index in [9.17, 15) is 26.7 Å². The molecule has 3 aliphatic heterocycles. The van der Waals surface area contributed by atoms with Gasteiger partial charge in [-0.15, -0.1) is 13.2 Å². The SMILES string of the molecule is O=S(=O)(c1ccccc1)C1CC2(c3ccccc3)NC1CCC21CC(c2cc(OC(F)(F)F)ccc2O)CO1. The maximum atomic E-state index is 13.8.